The van der Waals surface area contributed by atoms with Crippen LogP contribution in [0.1, 0.15) is 20.3 Å². The number of nitrogens with zero attached hydrogens (tertiary/aromatic N) is 1. The van der Waals surface area contributed by atoms with Crippen molar-refractivity contribution in [3.8, 4) is 0 Å². The average Bonchev–Trinajstić information content (AvgIpc) is 2.75. The Morgan fingerprint density at radius 1 is 1.37 bits per heavy atom. The van der Waals surface area contributed by atoms with Gasteiger partial charge in [0, 0.05) is 29.9 Å². The highest BCUT2D eigenvalue weighted by Crippen LogP contribution is 2.19. The molecule has 0 radical (unpaired) electrons. The number of nitrogens with one attached hydrogen (secondary N) is 2. The van der Waals surface area contributed by atoms with Gasteiger partial charge in [-0.25, -0.2) is 0 Å². The van der Waals surface area contributed by atoms with Gasteiger partial charge in [-0.1, -0.05) is 19.9 Å². The minimum Gasteiger partial charge on any atom is -0.381 e. The Morgan fingerprint density at radius 2 is 2.11 bits per heavy atom. The molecule has 0 aliphatic carbocycles. The van der Waals surface area contributed by atoms with Crippen LogP contribution in [0, 0.1) is 5.92 Å². The second-order valence-corrected chi connectivity index (χ2v) is 5.62. The highest BCUT2D eigenvalue weighted by molar-refractivity contribution is 5.92. The fourth-order valence-electron chi connectivity index (χ4n) is 2.26. The van der Waals surface area contributed by atoms with Crippen LogP contribution in [-0.2, 0) is 4.79 Å². The molecule has 0 aromatic heterocycles. The van der Waals surface area contributed by atoms with E-state index in [1.54, 1.807) is 0 Å². The second kappa shape index (κ2) is 6.06. The van der Waals surface area contributed by atoms with Crippen LogP contribution in [0.4, 0.5) is 11.4 Å². The SMILES string of the molecule is CC(C)C(=O)Nc1cccc(NC2CCN(C)C2)c1. The van der Waals surface area contributed by atoms with Crippen LogP contribution < -0.4 is 10.6 Å². The van der Waals surface area contributed by atoms with Crippen molar-refractivity contribution in [1.82, 2.24) is 4.90 Å². The van der Waals surface area contributed by atoms with Gasteiger partial charge < -0.3 is 15.5 Å². The monoisotopic (exact) mass is 261 g/mol. The minimum atomic E-state index is 0.0000898. The summed E-state index contributed by atoms with van der Waals surface area (Å²) in [6, 6.07) is 8.44. The molecule has 1 aliphatic heterocycles. The summed E-state index contributed by atoms with van der Waals surface area (Å²) >= 11 is 0. The fraction of sp³-hybridized carbons (Fsp3) is 0.533. The second-order valence-electron chi connectivity index (χ2n) is 5.62. The van der Waals surface area contributed by atoms with Gasteiger partial charge >= 0.3 is 0 Å². The molecule has 1 aromatic carbocycles. The third-order valence-corrected chi connectivity index (χ3v) is 3.42. The van der Waals surface area contributed by atoms with Gasteiger partial charge in [0.25, 0.3) is 0 Å². The zero-order valence-corrected chi connectivity index (χ0v) is 11.9. The molecule has 1 amide bonds. The number of amides is 1. The number of likely N-dealkylation sites (N-methyl/N-ethyl adjacent to an activating group) is 1. The molecule has 1 unspecified atom stereocenters. The maximum Gasteiger partial charge on any atom is 0.226 e. The molecule has 0 saturated carbocycles. The normalized spacial score (nSPS) is 19.7. The zero-order chi connectivity index (χ0) is 13.8. The molecule has 1 aliphatic rings. The van der Waals surface area contributed by atoms with Crippen LogP contribution in [0.5, 0.6) is 0 Å². The van der Waals surface area contributed by atoms with Gasteiger partial charge in [-0.3, -0.25) is 4.79 Å². The molecule has 1 atom stereocenters. The van der Waals surface area contributed by atoms with Gasteiger partial charge in [-0.2, -0.15) is 0 Å². The molecule has 104 valence electrons. The molecule has 1 fully saturated rings. The van der Waals surface area contributed by atoms with E-state index in [1.807, 2.05) is 38.1 Å². The van der Waals surface area contributed by atoms with Gasteiger partial charge in [0.2, 0.25) is 5.91 Å². The minimum absolute atomic E-state index is 0.0000898. The molecule has 0 bridgehead atoms. The largest absolute Gasteiger partial charge is 0.381 e. The van der Waals surface area contributed by atoms with Crippen molar-refractivity contribution in [2.75, 3.05) is 30.8 Å². The summed E-state index contributed by atoms with van der Waals surface area (Å²) in [5.74, 6) is 0.0536. The molecule has 4 heteroatoms. The van der Waals surface area contributed by atoms with Gasteiger partial charge in [0.1, 0.15) is 0 Å². The summed E-state index contributed by atoms with van der Waals surface area (Å²) in [7, 11) is 2.14. The highest BCUT2D eigenvalue weighted by Gasteiger charge is 2.18. The smallest absolute Gasteiger partial charge is 0.226 e. The number of anilines is 2. The van der Waals surface area contributed by atoms with Crippen LogP contribution in [0.3, 0.4) is 0 Å². The van der Waals surface area contributed by atoms with E-state index in [2.05, 4.69) is 22.6 Å². The molecule has 0 spiro atoms. The van der Waals surface area contributed by atoms with Crippen molar-refractivity contribution in [1.29, 1.82) is 0 Å². The summed E-state index contributed by atoms with van der Waals surface area (Å²) in [6.07, 6.45) is 1.17. The number of carbonyl (C=O) groups is 1. The van der Waals surface area contributed by atoms with E-state index in [0.717, 1.165) is 24.5 Å². The molecule has 2 rings (SSSR count). The van der Waals surface area contributed by atoms with Gasteiger partial charge in [0.15, 0.2) is 0 Å². The predicted octanol–water partition coefficient (Wildman–Crippen LogP) is 2.40. The number of hydrogen-bond acceptors (Lipinski definition) is 3. The van der Waals surface area contributed by atoms with Crippen molar-refractivity contribution in [2.24, 2.45) is 5.92 Å². The summed E-state index contributed by atoms with van der Waals surface area (Å²) in [4.78, 5) is 14.0. The maximum absolute atomic E-state index is 11.7. The van der Waals surface area contributed by atoms with Crippen LogP contribution in [-0.4, -0.2) is 37.0 Å². The molecule has 2 N–H and O–H groups in total. The molecular formula is C15H23N3O. The zero-order valence-electron chi connectivity index (χ0n) is 11.9. The van der Waals surface area contributed by atoms with Crippen LogP contribution in [0.15, 0.2) is 24.3 Å². The summed E-state index contributed by atoms with van der Waals surface area (Å²) in [6.45, 7) is 6.00. The Bertz CT molecular complexity index is 445. The Kier molecular flexibility index (Phi) is 4.43. The summed E-state index contributed by atoms with van der Waals surface area (Å²) in [5.41, 5.74) is 1.93. The van der Waals surface area contributed by atoms with E-state index >= 15 is 0 Å². The number of hydrogen-bond donors (Lipinski definition) is 2. The number of carbonyl (C=O) groups excluding carboxylic acids is 1. The van der Waals surface area contributed by atoms with Crippen LogP contribution in [0.25, 0.3) is 0 Å². The molecule has 4 nitrogen and oxygen atoms in total. The lowest BCUT2D eigenvalue weighted by molar-refractivity contribution is -0.118. The van der Waals surface area contributed by atoms with Crippen molar-refractivity contribution >= 4 is 17.3 Å². The standard InChI is InChI=1S/C15H23N3O/c1-11(2)15(19)17-13-6-4-5-12(9-13)16-14-7-8-18(3)10-14/h4-6,9,11,14,16H,7-8,10H2,1-3H3,(H,17,19). The lowest BCUT2D eigenvalue weighted by atomic mass is 10.2. The van der Waals surface area contributed by atoms with E-state index in [-0.39, 0.29) is 11.8 Å². The Hall–Kier alpha value is -1.55. The molecule has 1 heterocycles. The summed E-state index contributed by atoms with van der Waals surface area (Å²) in [5, 5.41) is 6.45. The van der Waals surface area contributed by atoms with E-state index in [4.69, 9.17) is 0 Å². The number of likely N-dealkylation sites (tertiary alicyclic amines) is 1. The summed E-state index contributed by atoms with van der Waals surface area (Å²) < 4.78 is 0. The van der Waals surface area contributed by atoms with Gasteiger partial charge in [-0.15, -0.1) is 0 Å². The number of rotatable bonds is 4. The van der Waals surface area contributed by atoms with Gasteiger partial charge in [0.05, 0.1) is 0 Å². The van der Waals surface area contributed by atoms with E-state index in [9.17, 15) is 4.79 Å². The first-order valence-electron chi connectivity index (χ1n) is 6.90. The molecule has 1 saturated heterocycles. The van der Waals surface area contributed by atoms with Crippen molar-refractivity contribution in [3.63, 3.8) is 0 Å². The Labute approximate surface area is 115 Å². The Morgan fingerprint density at radius 3 is 2.74 bits per heavy atom. The highest BCUT2D eigenvalue weighted by atomic mass is 16.1. The van der Waals surface area contributed by atoms with E-state index in [1.165, 1.54) is 6.42 Å². The van der Waals surface area contributed by atoms with Crippen molar-refractivity contribution < 1.29 is 4.79 Å². The first-order valence-corrected chi connectivity index (χ1v) is 6.90. The third-order valence-electron chi connectivity index (χ3n) is 3.42. The van der Waals surface area contributed by atoms with Crippen molar-refractivity contribution in [2.45, 2.75) is 26.3 Å². The fourth-order valence-corrected chi connectivity index (χ4v) is 2.26. The predicted molar refractivity (Wildman–Crippen MR) is 79.4 cm³/mol. The van der Waals surface area contributed by atoms with Crippen LogP contribution >= 0.6 is 0 Å². The Balaban J connectivity index is 1.97. The average molecular weight is 261 g/mol. The van der Waals surface area contributed by atoms with Crippen LogP contribution in [0.2, 0.25) is 0 Å². The molecule has 1 aromatic rings. The lowest BCUT2D eigenvalue weighted by Gasteiger charge is -2.15. The number of benzene rings is 1. The quantitative estimate of drug-likeness (QED) is 0.874. The first kappa shape index (κ1) is 13.9. The topological polar surface area (TPSA) is 44.4 Å². The first-order chi connectivity index (χ1) is 9.04. The van der Waals surface area contributed by atoms with Crippen molar-refractivity contribution in [3.05, 3.63) is 24.3 Å². The maximum atomic E-state index is 11.7. The van der Waals surface area contributed by atoms with Gasteiger partial charge in [-0.05, 0) is 38.2 Å². The van der Waals surface area contributed by atoms with E-state index < -0.39 is 0 Å². The molecule has 19 heavy (non-hydrogen) atoms. The van der Waals surface area contributed by atoms with E-state index in [0.29, 0.717) is 6.04 Å². The third kappa shape index (κ3) is 3.96. The molecular weight excluding hydrogens is 238 g/mol. The lowest BCUT2D eigenvalue weighted by Crippen LogP contribution is -2.23.